The number of benzene rings is 1. The van der Waals surface area contributed by atoms with Crippen LogP contribution in [-0.4, -0.2) is 43.6 Å². The van der Waals surface area contributed by atoms with E-state index in [0.717, 1.165) is 23.3 Å². The third-order valence-electron chi connectivity index (χ3n) is 3.14. The van der Waals surface area contributed by atoms with Crippen LogP contribution in [0.25, 0.3) is 0 Å². The average molecular weight is 293 g/mol. The molecule has 0 aliphatic heterocycles. The van der Waals surface area contributed by atoms with Crippen molar-refractivity contribution in [1.29, 1.82) is 0 Å². The average Bonchev–Trinajstić information content (AvgIpc) is 2.45. The van der Waals surface area contributed by atoms with Crippen LogP contribution in [0.4, 0.5) is 0 Å². The number of hydrogen-bond acceptors (Lipinski definition) is 4. The van der Waals surface area contributed by atoms with Gasteiger partial charge in [-0.05, 0) is 31.4 Å². The van der Waals surface area contributed by atoms with Crippen molar-refractivity contribution >= 4 is 11.9 Å². The number of amides is 1. The molecule has 116 valence electrons. The summed E-state index contributed by atoms with van der Waals surface area (Å²) in [6, 6.07) is 5.82. The normalized spacial score (nSPS) is 10.1. The summed E-state index contributed by atoms with van der Waals surface area (Å²) < 4.78 is 10.2. The van der Waals surface area contributed by atoms with E-state index >= 15 is 0 Å². The van der Waals surface area contributed by atoms with Gasteiger partial charge in [0.1, 0.15) is 12.3 Å². The molecular weight excluding hydrogens is 270 g/mol. The molecule has 0 fully saturated rings. The van der Waals surface area contributed by atoms with E-state index in [-0.39, 0.29) is 19.1 Å². The second-order valence-electron chi connectivity index (χ2n) is 4.90. The molecule has 0 aliphatic carbocycles. The molecule has 0 radical (unpaired) electrons. The monoisotopic (exact) mass is 293 g/mol. The Labute approximate surface area is 125 Å². The predicted octanol–water partition coefficient (Wildman–Crippen LogP) is 2.09. The molecular formula is C16H23NO4. The number of aryl methyl sites for hydroxylation is 2. The second kappa shape index (κ2) is 8.29. The third-order valence-corrected chi connectivity index (χ3v) is 3.14. The molecule has 0 saturated carbocycles. The summed E-state index contributed by atoms with van der Waals surface area (Å²) in [5.41, 5.74) is 1.97. The minimum atomic E-state index is -0.427. The summed E-state index contributed by atoms with van der Waals surface area (Å²) in [6.07, 6.45) is 0.770. The van der Waals surface area contributed by atoms with E-state index in [4.69, 9.17) is 4.74 Å². The summed E-state index contributed by atoms with van der Waals surface area (Å²) in [7, 11) is 1.31. The highest BCUT2D eigenvalue weighted by Gasteiger charge is 2.18. The maximum atomic E-state index is 12.2. The first-order valence-corrected chi connectivity index (χ1v) is 7.03. The van der Waals surface area contributed by atoms with Crippen LogP contribution in [0.1, 0.15) is 24.5 Å². The molecule has 21 heavy (non-hydrogen) atoms. The van der Waals surface area contributed by atoms with Crippen LogP contribution in [0.15, 0.2) is 18.2 Å². The Bertz CT molecular complexity index is 479. The van der Waals surface area contributed by atoms with Crippen LogP contribution in [-0.2, 0) is 14.3 Å². The van der Waals surface area contributed by atoms with Gasteiger partial charge in [0.25, 0.3) is 5.91 Å². The van der Waals surface area contributed by atoms with Crippen molar-refractivity contribution in [2.24, 2.45) is 0 Å². The van der Waals surface area contributed by atoms with Crippen LogP contribution < -0.4 is 4.74 Å². The predicted molar refractivity (Wildman–Crippen MR) is 80.3 cm³/mol. The molecule has 1 aromatic rings. The lowest BCUT2D eigenvalue weighted by Gasteiger charge is -2.21. The van der Waals surface area contributed by atoms with E-state index in [1.807, 2.05) is 39.0 Å². The maximum Gasteiger partial charge on any atom is 0.325 e. The number of esters is 1. The van der Waals surface area contributed by atoms with Crippen molar-refractivity contribution in [3.63, 3.8) is 0 Å². The molecule has 0 heterocycles. The third kappa shape index (κ3) is 5.10. The van der Waals surface area contributed by atoms with Gasteiger partial charge in [0.05, 0.1) is 7.11 Å². The van der Waals surface area contributed by atoms with E-state index in [0.29, 0.717) is 6.54 Å². The van der Waals surface area contributed by atoms with E-state index in [2.05, 4.69) is 4.74 Å². The van der Waals surface area contributed by atoms with E-state index in [1.165, 1.54) is 12.0 Å². The number of para-hydroxylation sites is 1. The largest absolute Gasteiger partial charge is 0.483 e. The van der Waals surface area contributed by atoms with E-state index in [1.54, 1.807) is 0 Å². The van der Waals surface area contributed by atoms with Crippen molar-refractivity contribution in [2.75, 3.05) is 26.8 Å². The Morgan fingerprint density at radius 1 is 1.19 bits per heavy atom. The summed E-state index contributed by atoms with van der Waals surface area (Å²) in [4.78, 5) is 25.0. The number of carbonyl (C=O) groups is 2. The quantitative estimate of drug-likeness (QED) is 0.722. The van der Waals surface area contributed by atoms with Gasteiger partial charge in [-0.3, -0.25) is 9.59 Å². The highest BCUT2D eigenvalue weighted by atomic mass is 16.5. The fourth-order valence-corrected chi connectivity index (χ4v) is 2.03. The van der Waals surface area contributed by atoms with Gasteiger partial charge < -0.3 is 14.4 Å². The Hall–Kier alpha value is -2.04. The Morgan fingerprint density at radius 3 is 2.33 bits per heavy atom. The molecule has 0 saturated heterocycles. The fourth-order valence-electron chi connectivity index (χ4n) is 2.03. The first-order valence-electron chi connectivity index (χ1n) is 7.03. The summed E-state index contributed by atoms with van der Waals surface area (Å²) in [6.45, 7) is 6.20. The van der Waals surface area contributed by atoms with Crippen LogP contribution in [0.2, 0.25) is 0 Å². The Balaban J connectivity index is 2.67. The van der Waals surface area contributed by atoms with Gasteiger partial charge in [0.2, 0.25) is 0 Å². The molecule has 0 aliphatic rings. The summed E-state index contributed by atoms with van der Waals surface area (Å²) in [5, 5.41) is 0. The molecule has 1 aromatic carbocycles. The lowest BCUT2D eigenvalue weighted by Crippen LogP contribution is -2.39. The van der Waals surface area contributed by atoms with Crippen LogP contribution in [0.3, 0.4) is 0 Å². The molecule has 0 N–H and O–H groups in total. The van der Waals surface area contributed by atoms with Crippen molar-refractivity contribution in [3.05, 3.63) is 29.3 Å². The first kappa shape index (κ1) is 17.0. The van der Waals surface area contributed by atoms with E-state index < -0.39 is 5.97 Å². The van der Waals surface area contributed by atoms with Crippen LogP contribution in [0.5, 0.6) is 5.75 Å². The first-order chi connectivity index (χ1) is 9.99. The topological polar surface area (TPSA) is 55.8 Å². The number of rotatable bonds is 7. The zero-order valence-corrected chi connectivity index (χ0v) is 13.1. The van der Waals surface area contributed by atoms with Gasteiger partial charge in [-0.1, -0.05) is 25.1 Å². The molecule has 1 rings (SSSR count). The summed E-state index contributed by atoms with van der Waals surface area (Å²) >= 11 is 0. The van der Waals surface area contributed by atoms with Gasteiger partial charge in [-0.2, -0.15) is 0 Å². The molecule has 1 amide bonds. The van der Waals surface area contributed by atoms with Gasteiger partial charge in [-0.25, -0.2) is 0 Å². The number of ether oxygens (including phenoxy) is 2. The van der Waals surface area contributed by atoms with Gasteiger partial charge in [0.15, 0.2) is 6.61 Å². The van der Waals surface area contributed by atoms with E-state index in [9.17, 15) is 9.59 Å². The van der Waals surface area contributed by atoms with Gasteiger partial charge in [-0.15, -0.1) is 0 Å². The Kier molecular flexibility index (Phi) is 6.72. The minimum Gasteiger partial charge on any atom is -0.483 e. The maximum absolute atomic E-state index is 12.2. The zero-order valence-electron chi connectivity index (χ0n) is 13.1. The molecule has 5 nitrogen and oxygen atoms in total. The highest BCUT2D eigenvalue weighted by Crippen LogP contribution is 2.22. The van der Waals surface area contributed by atoms with Gasteiger partial charge in [0, 0.05) is 6.54 Å². The van der Waals surface area contributed by atoms with Crippen molar-refractivity contribution in [3.8, 4) is 5.75 Å². The Morgan fingerprint density at radius 2 is 1.81 bits per heavy atom. The molecule has 0 aromatic heterocycles. The second-order valence-corrected chi connectivity index (χ2v) is 4.90. The SMILES string of the molecule is CCCN(CC(=O)OC)C(=O)COc1c(C)cccc1C. The number of methoxy groups -OCH3 is 1. The molecule has 0 bridgehead atoms. The van der Waals surface area contributed by atoms with Crippen molar-refractivity contribution < 1.29 is 19.1 Å². The molecule has 0 spiro atoms. The standard InChI is InChI=1S/C16H23NO4/c1-5-9-17(10-15(19)20-4)14(18)11-21-16-12(2)7-6-8-13(16)3/h6-8H,5,9-11H2,1-4H3. The molecule has 0 unspecified atom stereocenters. The highest BCUT2D eigenvalue weighted by molar-refractivity contribution is 5.83. The zero-order chi connectivity index (χ0) is 15.8. The van der Waals surface area contributed by atoms with Crippen LogP contribution in [0, 0.1) is 13.8 Å². The van der Waals surface area contributed by atoms with Crippen molar-refractivity contribution in [1.82, 2.24) is 4.90 Å². The molecule has 0 atom stereocenters. The van der Waals surface area contributed by atoms with Crippen LogP contribution >= 0.6 is 0 Å². The van der Waals surface area contributed by atoms with Gasteiger partial charge >= 0.3 is 5.97 Å². The fraction of sp³-hybridized carbons (Fsp3) is 0.500. The minimum absolute atomic E-state index is 0.0424. The smallest absolute Gasteiger partial charge is 0.325 e. The lowest BCUT2D eigenvalue weighted by molar-refractivity contribution is -0.147. The number of nitrogens with zero attached hydrogens (tertiary/aromatic N) is 1. The molecule has 5 heteroatoms. The number of carbonyl (C=O) groups excluding carboxylic acids is 2. The number of hydrogen-bond donors (Lipinski definition) is 0. The van der Waals surface area contributed by atoms with Crippen molar-refractivity contribution in [2.45, 2.75) is 27.2 Å². The summed E-state index contributed by atoms with van der Waals surface area (Å²) in [5.74, 6) is 0.0779. The lowest BCUT2D eigenvalue weighted by atomic mass is 10.1.